The fourth-order valence-corrected chi connectivity index (χ4v) is 7.20. The summed E-state index contributed by atoms with van der Waals surface area (Å²) in [4.78, 5) is 12.5. The maximum Gasteiger partial charge on any atom is 0.217 e. The molecule has 230 valence electrons. The second-order valence-electron chi connectivity index (χ2n) is 12.1. The summed E-state index contributed by atoms with van der Waals surface area (Å²) in [6.07, 6.45) is 0.834. The SMILES string of the molecule is Cc1cc(C)c(N2C(c3[c-]c(Oc4ccc5cccc(O)c5n4)ccc3)=N[C@H]3Cc4ccccc4-c4ccccc4[C@H]32)c(C)c1.[Pt]. The molecule has 5 nitrogen and oxygen atoms in total. The number of para-hydroxylation sites is 1. The maximum absolute atomic E-state index is 10.4. The fraction of sp³-hybridized carbons (Fsp3) is 0.150. The van der Waals surface area contributed by atoms with Crippen LogP contribution in [0.4, 0.5) is 5.69 Å². The number of nitrogens with zero attached hydrogens (tertiary/aromatic N) is 3. The monoisotopic (exact) mass is 781 g/mol. The number of anilines is 1. The van der Waals surface area contributed by atoms with Crippen LogP contribution in [0.15, 0.2) is 114 Å². The van der Waals surface area contributed by atoms with Crippen molar-refractivity contribution in [2.45, 2.75) is 39.3 Å². The molecule has 6 aromatic rings. The number of phenolic OH excluding ortho intramolecular Hbond substituents is 1. The smallest absolute Gasteiger partial charge is 0.217 e. The van der Waals surface area contributed by atoms with Crippen molar-refractivity contribution in [3.63, 3.8) is 0 Å². The molecule has 46 heavy (non-hydrogen) atoms. The summed E-state index contributed by atoms with van der Waals surface area (Å²) < 4.78 is 6.24. The minimum absolute atomic E-state index is 0. The average molecular weight is 782 g/mol. The zero-order valence-corrected chi connectivity index (χ0v) is 28.0. The first kappa shape index (κ1) is 30.0. The van der Waals surface area contributed by atoms with E-state index in [0.717, 1.165) is 23.2 Å². The Bertz CT molecular complexity index is 2130. The predicted molar refractivity (Wildman–Crippen MR) is 181 cm³/mol. The van der Waals surface area contributed by atoms with Gasteiger partial charge in [-0.15, -0.1) is 23.8 Å². The Labute approximate surface area is 283 Å². The Morgan fingerprint density at radius 1 is 0.804 bits per heavy atom. The van der Waals surface area contributed by atoms with Crippen LogP contribution in [-0.2, 0) is 27.5 Å². The summed E-state index contributed by atoms with van der Waals surface area (Å²) in [6, 6.07) is 40.6. The Morgan fingerprint density at radius 3 is 2.37 bits per heavy atom. The molecule has 0 saturated heterocycles. The predicted octanol–water partition coefficient (Wildman–Crippen LogP) is 9.06. The van der Waals surface area contributed by atoms with Crippen molar-refractivity contribution in [3.8, 4) is 28.5 Å². The molecule has 1 aliphatic carbocycles. The number of rotatable bonds is 4. The zero-order valence-electron chi connectivity index (χ0n) is 25.8. The number of hydrogen-bond acceptors (Lipinski definition) is 5. The summed E-state index contributed by atoms with van der Waals surface area (Å²) >= 11 is 0. The summed E-state index contributed by atoms with van der Waals surface area (Å²) in [7, 11) is 0. The van der Waals surface area contributed by atoms with Gasteiger partial charge in [0.15, 0.2) is 0 Å². The van der Waals surface area contributed by atoms with E-state index in [1.807, 2.05) is 30.3 Å². The van der Waals surface area contributed by atoms with E-state index in [2.05, 4.69) is 103 Å². The molecular formula is C40H32N3O2Pt-. The topological polar surface area (TPSA) is 58.0 Å². The van der Waals surface area contributed by atoms with Gasteiger partial charge >= 0.3 is 0 Å². The Balaban J connectivity index is 0.00000338. The maximum atomic E-state index is 10.4. The van der Waals surface area contributed by atoms with Gasteiger partial charge in [0.25, 0.3) is 0 Å². The molecule has 6 heteroatoms. The number of aryl methyl sites for hydroxylation is 3. The van der Waals surface area contributed by atoms with Gasteiger partial charge in [-0.1, -0.05) is 84.4 Å². The number of fused-ring (bicyclic) bond motifs is 6. The van der Waals surface area contributed by atoms with Gasteiger partial charge in [0, 0.05) is 44.0 Å². The first-order valence-corrected chi connectivity index (χ1v) is 15.4. The average Bonchev–Trinajstić information content (AvgIpc) is 3.32. The van der Waals surface area contributed by atoms with Crippen LogP contribution in [0.1, 0.15) is 39.4 Å². The third-order valence-corrected chi connectivity index (χ3v) is 8.95. The van der Waals surface area contributed by atoms with Crippen LogP contribution in [0.3, 0.4) is 0 Å². The largest absolute Gasteiger partial charge is 0.506 e. The molecule has 0 bridgehead atoms. The van der Waals surface area contributed by atoms with Crippen LogP contribution in [-0.4, -0.2) is 22.0 Å². The Hall–Kier alpha value is -4.73. The first-order chi connectivity index (χ1) is 21.9. The number of ether oxygens (including phenoxy) is 1. The number of aliphatic imine (C=N–C) groups is 1. The minimum atomic E-state index is 0. The molecule has 2 heterocycles. The van der Waals surface area contributed by atoms with E-state index in [9.17, 15) is 5.11 Å². The third-order valence-electron chi connectivity index (χ3n) is 8.95. The molecule has 2 aliphatic rings. The molecule has 0 spiro atoms. The number of aromatic hydroxyl groups is 1. The summed E-state index contributed by atoms with van der Waals surface area (Å²) in [6.45, 7) is 6.54. The summed E-state index contributed by atoms with van der Waals surface area (Å²) in [5.41, 5.74) is 11.3. The summed E-state index contributed by atoms with van der Waals surface area (Å²) in [5, 5.41) is 11.2. The van der Waals surface area contributed by atoms with E-state index in [0.29, 0.717) is 17.1 Å². The number of aromatic nitrogens is 1. The van der Waals surface area contributed by atoms with Crippen molar-refractivity contribution in [1.82, 2.24) is 4.98 Å². The van der Waals surface area contributed by atoms with Crippen molar-refractivity contribution in [3.05, 3.63) is 149 Å². The molecule has 0 fully saturated rings. The fourth-order valence-electron chi connectivity index (χ4n) is 7.20. The van der Waals surface area contributed by atoms with Crippen molar-refractivity contribution < 1.29 is 30.9 Å². The molecule has 8 rings (SSSR count). The van der Waals surface area contributed by atoms with Crippen molar-refractivity contribution in [2.75, 3.05) is 4.90 Å². The first-order valence-electron chi connectivity index (χ1n) is 15.4. The molecule has 1 N–H and O–H groups in total. The van der Waals surface area contributed by atoms with E-state index >= 15 is 0 Å². The quantitative estimate of drug-likeness (QED) is 0.182. The molecule has 1 aliphatic heterocycles. The standard InChI is InChI=1S/C40H32N3O2.Pt/c1-24-20-25(2)38(26(3)21-24)43-39-33-16-7-6-15-32(33)31-14-5-4-10-28(31)23-34(39)41-40(43)29-12-8-13-30(22-29)45-36-19-18-27-11-9-17-35(44)37(27)42-36;/h4-21,34,39,44H,23H2,1-3H3;/q-1;/t34-,39+;/m0./s1. The molecule has 5 aromatic carbocycles. The van der Waals surface area contributed by atoms with Gasteiger partial charge in [0.1, 0.15) is 11.3 Å². The van der Waals surface area contributed by atoms with Gasteiger partial charge in [-0.2, -0.15) is 0 Å². The Morgan fingerprint density at radius 2 is 1.54 bits per heavy atom. The number of hydrogen-bond donors (Lipinski definition) is 1. The van der Waals surface area contributed by atoms with E-state index in [4.69, 9.17) is 9.73 Å². The van der Waals surface area contributed by atoms with Gasteiger partial charge in [-0.25, -0.2) is 4.98 Å². The van der Waals surface area contributed by atoms with Crippen LogP contribution >= 0.6 is 0 Å². The van der Waals surface area contributed by atoms with Crippen molar-refractivity contribution in [1.29, 1.82) is 0 Å². The van der Waals surface area contributed by atoms with Gasteiger partial charge in [-0.05, 0) is 72.7 Å². The number of amidine groups is 1. The van der Waals surface area contributed by atoms with Crippen LogP contribution in [0, 0.1) is 26.8 Å². The minimum Gasteiger partial charge on any atom is -0.506 e. The second kappa shape index (κ2) is 11.9. The molecule has 0 saturated carbocycles. The zero-order chi connectivity index (χ0) is 30.7. The number of phenols is 1. The van der Waals surface area contributed by atoms with Gasteiger partial charge in [0.05, 0.1) is 17.9 Å². The van der Waals surface area contributed by atoms with Gasteiger partial charge in [0.2, 0.25) is 5.88 Å². The molecular weight excluding hydrogens is 750 g/mol. The van der Waals surface area contributed by atoms with Gasteiger partial charge < -0.3 is 19.7 Å². The van der Waals surface area contributed by atoms with Crippen LogP contribution < -0.4 is 9.64 Å². The van der Waals surface area contributed by atoms with Crippen LogP contribution in [0.5, 0.6) is 17.4 Å². The molecule has 0 amide bonds. The van der Waals surface area contributed by atoms with E-state index < -0.39 is 0 Å². The second-order valence-corrected chi connectivity index (χ2v) is 12.1. The van der Waals surface area contributed by atoms with Gasteiger partial charge in [-0.3, -0.25) is 0 Å². The normalized spacial score (nSPS) is 16.5. The molecule has 0 radical (unpaired) electrons. The number of pyridine rings is 1. The Kier molecular flexibility index (Phi) is 7.74. The molecule has 1 aromatic heterocycles. The van der Waals surface area contributed by atoms with E-state index in [1.165, 1.54) is 44.6 Å². The van der Waals surface area contributed by atoms with E-state index in [1.54, 1.807) is 12.1 Å². The van der Waals surface area contributed by atoms with Crippen LogP contribution in [0.2, 0.25) is 0 Å². The van der Waals surface area contributed by atoms with Crippen molar-refractivity contribution in [2.24, 2.45) is 4.99 Å². The molecule has 2 atom stereocenters. The third kappa shape index (κ3) is 5.09. The number of benzene rings is 5. The van der Waals surface area contributed by atoms with Crippen LogP contribution in [0.25, 0.3) is 22.0 Å². The van der Waals surface area contributed by atoms with E-state index in [-0.39, 0.29) is 38.9 Å². The van der Waals surface area contributed by atoms with Crippen molar-refractivity contribution >= 4 is 22.4 Å². The summed E-state index contributed by atoms with van der Waals surface area (Å²) in [5.74, 6) is 1.93. The molecule has 0 unspecified atom stereocenters.